The van der Waals surface area contributed by atoms with Crippen LogP contribution in [0.2, 0.25) is 5.02 Å². The summed E-state index contributed by atoms with van der Waals surface area (Å²) in [4.78, 5) is 14.4. The van der Waals surface area contributed by atoms with Crippen LogP contribution in [-0.4, -0.2) is 29.3 Å². The number of likely N-dealkylation sites (tertiary alicyclic amines) is 1. The van der Waals surface area contributed by atoms with Crippen LogP contribution < -0.4 is 0 Å². The molecule has 1 aromatic rings. The summed E-state index contributed by atoms with van der Waals surface area (Å²) in [6, 6.07) is 0. The van der Waals surface area contributed by atoms with Gasteiger partial charge in [0.2, 0.25) is 0 Å². The fraction of sp³-hybridized carbons (Fsp3) is 0.500. The molecule has 1 saturated heterocycles. The molecule has 82 valence electrons. The van der Waals surface area contributed by atoms with Crippen molar-refractivity contribution in [3.05, 3.63) is 20.8 Å². The van der Waals surface area contributed by atoms with E-state index in [1.165, 1.54) is 11.3 Å². The molecule has 15 heavy (non-hydrogen) atoms. The molecule has 0 aliphatic carbocycles. The van der Waals surface area contributed by atoms with Crippen molar-refractivity contribution in [2.45, 2.75) is 18.7 Å². The lowest BCUT2D eigenvalue weighted by molar-refractivity contribution is 0.0798. The third kappa shape index (κ3) is 2.14. The number of thiophene rings is 1. The summed E-state index contributed by atoms with van der Waals surface area (Å²) in [6.07, 6.45) is 0.870. The largest absolute Gasteiger partial charge is 0.336 e. The first kappa shape index (κ1) is 11.2. The van der Waals surface area contributed by atoms with Gasteiger partial charge >= 0.3 is 0 Å². The summed E-state index contributed by atoms with van der Waals surface area (Å²) in [5, 5.41) is 2.58. The fourth-order valence-corrected chi connectivity index (χ4v) is 3.12. The standard InChI is InChI=1S/C10H11Cl2NOS/c1-6-5-15-9(8(6)12)10(14)13-3-2-7(11)4-13/h5,7H,2-4H2,1H3. The predicted molar refractivity (Wildman–Crippen MR) is 64.2 cm³/mol. The van der Waals surface area contributed by atoms with Gasteiger partial charge in [-0.15, -0.1) is 22.9 Å². The highest BCUT2D eigenvalue weighted by molar-refractivity contribution is 7.13. The normalized spacial score (nSPS) is 21.0. The molecule has 0 radical (unpaired) electrons. The van der Waals surface area contributed by atoms with E-state index in [2.05, 4.69) is 0 Å². The molecule has 1 aromatic heterocycles. The predicted octanol–water partition coefficient (Wildman–Crippen LogP) is 3.16. The van der Waals surface area contributed by atoms with Crippen molar-refractivity contribution in [1.82, 2.24) is 4.90 Å². The minimum absolute atomic E-state index is 0.0150. The summed E-state index contributed by atoms with van der Waals surface area (Å²) in [6.45, 7) is 3.28. The molecule has 1 fully saturated rings. The van der Waals surface area contributed by atoms with Crippen LogP contribution in [0.1, 0.15) is 21.7 Å². The number of carbonyl (C=O) groups excluding carboxylic acids is 1. The summed E-state index contributed by atoms with van der Waals surface area (Å²) in [5.74, 6) is 0.0150. The monoisotopic (exact) mass is 263 g/mol. The van der Waals surface area contributed by atoms with Crippen molar-refractivity contribution in [2.75, 3.05) is 13.1 Å². The van der Waals surface area contributed by atoms with Gasteiger partial charge < -0.3 is 4.90 Å². The van der Waals surface area contributed by atoms with Gasteiger partial charge in [-0.05, 0) is 24.3 Å². The van der Waals surface area contributed by atoms with E-state index in [1.54, 1.807) is 4.90 Å². The zero-order valence-corrected chi connectivity index (χ0v) is 10.6. The first-order valence-corrected chi connectivity index (χ1v) is 6.46. The molecule has 1 aliphatic rings. The second-order valence-electron chi connectivity index (χ2n) is 3.70. The lowest BCUT2D eigenvalue weighted by Gasteiger charge is -2.14. The van der Waals surface area contributed by atoms with Crippen LogP contribution in [0.3, 0.4) is 0 Å². The van der Waals surface area contributed by atoms with Crippen LogP contribution in [0.4, 0.5) is 0 Å². The Morgan fingerprint density at radius 1 is 1.67 bits per heavy atom. The van der Waals surface area contributed by atoms with Crippen LogP contribution in [0, 0.1) is 6.92 Å². The van der Waals surface area contributed by atoms with Gasteiger partial charge in [-0.1, -0.05) is 11.6 Å². The maximum atomic E-state index is 12.0. The average Bonchev–Trinajstić information content (AvgIpc) is 2.75. The van der Waals surface area contributed by atoms with E-state index in [1.807, 2.05) is 12.3 Å². The van der Waals surface area contributed by atoms with Crippen molar-refractivity contribution in [1.29, 1.82) is 0 Å². The van der Waals surface area contributed by atoms with Crippen LogP contribution in [-0.2, 0) is 0 Å². The van der Waals surface area contributed by atoms with Crippen molar-refractivity contribution in [3.8, 4) is 0 Å². The lowest BCUT2D eigenvalue weighted by Crippen LogP contribution is -2.28. The molecule has 0 spiro atoms. The van der Waals surface area contributed by atoms with Gasteiger partial charge in [0.15, 0.2) is 0 Å². The molecule has 1 aliphatic heterocycles. The summed E-state index contributed by atoms with van der Waals surface area (Å²) in [5.41, 5.74) is 0.964. The molecule has 1 atom stereocenters. The maximum absolute atomic E-state index is 12.0. The molecular weight excluding hydrogens is 253 g/mol. The Morgan fingerprint density at radius 2 is 2.40 bits per heavy atom. The number of hydrogen-bond donors (Lipinski definition) is 0. The van der Waals surface area contributed by atoms with E-state index < -0.39 is 0 Å². The number of halogens is 2. The summed E-state index contributed by atoms with van der Waals surface area (Å²) < 4.78 is 0. The summed E-state index contributed by atoms with van der Waals surface area (Å²) in [7, 11) is 0. The third-order valence-electron chi connectivity index (χ3n) is 2.51. The van der Waals surface area contributed by atoms with Crippen LogP contribution >= 0.6 is 34.5 Å². The Morgan fingerprint density at radius 3 is 2.87 bits per heavy atom. The van der Waals surface area contributed by atoms with E-state index >= 15 is 0 Å². The molecule has 0 bridgehead atoms. The number of alkyl halides is 1. The first-order valence-electron chi connectivity index (χ1n) is 4.76. The van der Waals surface area contributed by atoms with E-state index in [4.69, 9.17) is 23.2 Å². The molecule has 2 rings (SSSR count). The van der Waals surface area contributed by atoms with Crippen molar-refractivity contribution < 1.29 is 4.79 Å². The van der Waals surface area contributed by atoms with Crippen molar-refractivity contribution in [2.24, 2.45) is 0 Å². The van der Waals surface area contributed by atoms with Crippen molar-refractivity contribution in [3.63, 3.8) is 0 Å². The van der Waals surface area contributed by atoms with E-state index in [-0.39, 0.29) is 11.3 Å². The zero-order valence-electron chi connectivity index (χ0n) is 8.30. The van der Waals surface area contributed by atoms with Gasteiger partial charge in [-0.3, -0.25) is 4.79 Å². The van der Waals surface area contributed by atoms with Gasteiger partial charge in [-0.2, -0.15) is 0 Å². The molecule has 0 saturated carbocycles. The Labute approximate surface area is 103 Å². The van der Waals surface area contributed by atoms with Gasteiger partial charge in [0.1, 0.15) is 4.88 Å². The van der Waals surface area contributed by atoms with E-state index in [9.17, 15) is 4.79 Å². The molecular formula is C10H11Cl2NOS. The number of amides is 1. The first-order chi connectivity index (χ1) is 7.09. The molecule has 0 N–H and O–H groups in total. The highest BCUT2D eigenvalue weighted by Crippen LogP contribution is 2.29. The van der Waals surface area contributed by atoms with Crippen LogP contribution in [0.5, 0.6) is 0 Å². The van der Waals surface area contributed by atoms with Gasteiger partial charge in [0.25, 0.3) is 5.91 Å². The van der Waals surface area contributed by atoms with Crippen LogP contribution in [0.15, 0.2) is 5.38 Å². The summed E-state index contributed by atoms with van der Waals surface area (Å²) >= 11 is 13.4. The molecule has 2 heterocycles. The molecule has 1 unspecified atom stereocenters. The number of carbonyl (C=O) groups is 1. The number of rotatable bonds is 1. The van der Waals surface area contributed by atoms with Crippen LogP contribution in [0.25, 0.3) is 0 Å². The molecule has 5 heteroatoms. The van der Waals surface area contributed by atoms with Gasteiger partial charge in [0, 0.05) is 13.1 Å². The number of hydrogen-bond acceptors (Lipinski definition) is 2. The highest BCUT2D eigenvalue weighted by atomic mass is 35.5. The second kappa shape index (κ2) is 4.32. The Hall–Kier alpha value is -0.250. The Kier molecular flexibility index (Phi) is 3.24. The maximum Gasteiger partial charge on any atom is 0.265 e. The second-order valence-corrected chi connectivity index (χ2v) is 5.57. The average molecular weight is 264 g/mol. The molecule has 1 amide bonds. The smallest absolute Gasteiger partial charge is 0.265 e. The molecule has 2 nitrogen and oxygen atoms in total. The SMILES string of the molecule is Cc1csc(C(=O)N2CCC(Cl)C2)c1Cl. The molecule has 0 aromatic carbocycles. The Balaban J connectivity index is 2.18. The van der Waals surface area contributed by atoms with Gasteiger partial charge in [0.05, 0.1) is 10.4 Å². The highest BCUT2D eigenvalue weighted by Gasteiger charge is 2.27. The van der Waals surface area contributed by atoms with Gasteiger partial charge in [-0.25, -0.2) is 0 Å². The lowest BCUT2D eigenvalue weighted by atomic mass is 10.3. The fourth-order valence-electron chi connectivity index (χ4n) is 1.62. The third-order valence-corrected chi connectivity index (χ3v) is 4.55. The minimum Gasteiger partial charge on any atom is -0.336 e. The van der Waals surface area contributed by atoms with E-state index in [0.29, 0.717) is 16.4 Å². The topological polar surface area (TPSA) is 20.3 Å². The number of aryl methyl sites for hydroxylation is 1. The zero-order chi connectivity index (χ0) is 11.0. The van der Waals surface area contributed by atoms with Crippen molar-refractivity contribution >= 4 is 40.4 Å². The Bertz CT molecular complexity index is 391. The minimum atomic E-state index is 0.0150. The number of nitrogens with zero attached hydrogens (tertiary/aromatic N) is 1. The van der Waals surface area contributed by atoms with E-state index in [0.717, 1.165) is 18.5 Å². The quantitative estimate of drug-likeness (QED) is 0.713.